The average molecular weight is 477 g/mol. The summed E-state index contributed by atoms with van der Waals surface area (Å²) in [5.74, 6) is 0.685. The van der Waals surface area contributed by atoms with Gasteiger partial charge in [0.25, 0.3) is 16.1 Å². The summed E-state index contributed by atoms with van der Waals surface area (Å²) < 4.78 is 27.8. The predicted octanol–water partition coefficient (Wildman–Crippen LogP) is 3.74. The molecule has 0 saturated heterocycles. The number of benzene rings is 3. The summed E-state index contributed by atoms with van der Waals surface area (Å²) in [6.45, 7) is 0. The van der Waals surface area contributed by atoms with E-state index >= 15 is 0 Å². The van der Waals surface area contributed by atoms with E-state index < -0.39 is 10.2 Å². The van der Waals surface area contributed by atoms with E-state index in [4.69, 9.17) is 4.98 Å². The lowest BCUT2D eigenvalue weighted by molar-refractivity contribution is 0.0951. The highest BCUT2D eigenvalue weighted by molar-refractivity contribution is 7.90. The number of carbonyl (C=O) groups is 1. The molecular weight excluding hydrogens is 452 g/mol. The fraction of sp³-hybridized carbons (Fsp3) is 0.167. The first-order valence-electron chi connectivity index (χ1n) is 10.9. The summed E-state index contributed by atoms with van der Waals surface area (Å²) in [6, 6.07) is 20.5. The Kier molecular flexibility index (Phi) is 5.68. The zero-order valence-corrected chi connectivity index (χ0v) is 19.2. The molecule has 10 heteroatoms. The number of H-pyrrole nitrogens is 1. The number of amides is 1. The SMILES string of the molecule is CNS(=O)(=O)Nc1ccc(Nc2ccc3[nH]c(-c4ccc(C(=O)NC5CC5)cc4)nc3c2)cc1. The Balaban J connectivity index is 1.29. The molecule has 1 amide bonds. The van der Waals surface area contributed by atoms with Gasteiger partial charge in [-0.3, -0.25) is 9.52 Å². The molecule has 0 bridgehead atoms. The van der Waals surface area contributed by atoms with E-state index in [0.717, 1.165) is 46.6 Å². The van der Waals surface area contributed by atoms with Crippen LogP contribution in [0.15, 0.2) is 66.7 Å². The standard InChI is InChI=1S/C24H24N6O3S/c1-25-34(32,33)30-19-10-8-17(9-11-19)26-20-12-13-21-22(14-20)29-23(28-21)15-2-4-16(5-3-15)24(31)27-18-6-7-18/h2-5,8-14,18,25-26,30H,6-7H2,1H3,(H,27,31)(H,28,29). The Labute approximate surface area is 197 Å². The van der Waals surface area contributed by atoms with Gasteiger partial charge in [-0.2, -0.15) is 8.42 Å². The summed E-state index contributed by atoms with van der Waals surface area (Å²) in [5.41, 5.74) is 5.35. The fourth-order valence-corrected chi connectivity index (χ4v) is 4.04. The molecule has 0 radical (unpaired) electrons. The third kappa shape index (κ3) is 5.03. The molecule has 5 N–H and O–H groups in total. The highest BCUT2D eigenvalue weighted by Gasteiger charge is 2.23. The monoisotopic (exact) mass is 476 g/mol. The minimum atomic E-state index is -3.55. The molecule has 1 heterocycles. The summed E-state index contributed by atoms with van der Waals surface area (Å²) in [7, 11) is -2.20. The van der Waals surface area contributed by atoms with Crippen LogP contribution in [0.2, 0.25) is 0 Å². The van der Waals surface area contributed by atoms with Gasteiger partial charge in [-0.05, 0) is 67.4 Å². The fourth-order valence-electron chi connectivity index (χ4n) is 3.49. The van der Waals surface area contributed by atoms with Crippen molar-refractivity contribution in [2.75, 3.05) is 17.1 Å². The Morgan fingerprint density at radius 3 is 2.29 bits per heavy atom. The van der Waals surface area contributed by atoms with Crippen LogP contribution >= 0.6 is 0 Å². The van der Waals surface area contributed by atoms with Gasteiger partial charge in [0.1, 0.15) is 5.82 Å². The van der Waals surface area contributed by atoms with Crippen LogP contribution in [0.1, 0.15) is 23.2 Å². The largest absolute Gasteiger partial charge is 0.355 e. The molecule has 1 aliphatic carbocycles. The molecule has 5 rings (SSSR count). The van der Waals surface area contributed by atoms with Crippen molar-refractivity contribution in [2.24, 2.45) is 0 Å². The Morgan fingerprint density at radius 1 is 0.941 bits per heavy atom. The first-order chi connectivity index (χ1) is 16.4. The topological polar surface area (TPSA) is 128 Å². The predicted molar refractivity (Wildman–Crippen MR) is 133 cm³/mol. The normalized spacial score (nSPS) is 13.6. The van der Waals surface area contributed by atoms with Crippen molar-refractivity contribution in [3.8, 4) is 11.4 Å². The summed E-state index contributed by atoms with van der Waals surface area (Å²) in [6.07, 6.45) is 2.12. The third-order valence-corrected chi connectivity index (χ3v) is 6.55. The van der Waals surface area contributed by atoms with Crippen LogP contribution in [0.4, 0.5) is 17.1 Å². The molecule has 174 valence electrons. The van der Waals surface area contributed by atoms with Crippen molar-refractivity contribution < 1.29 is 13.2 Å². The van der Waals surface area contributed by atoms with E-state index in [0.29, 0.717) is 17.3 Å². The van der Waals surface area contributed by atoms with E-state index in [-0.39, 0.29) is 5.91 Å². The van der Waals surface area contributed by atoms with Crippen LogP contribution in [-0.2, 0) is 10.2 Å². The Bertz CT molecular complexity index is 1440. The van der Waals surface area contributed by atoms with Gasteiger partial charge < -0.3 is 15.6 Å². The van der Waals surface area contributed by atoms with E-state index in [1.54, 1.807) is 24.3 Å². The number of nitrogens with one attached hydrogen (secondary N) is 5. The maximum atomic E-state index is 12.2. The molecular formula is C24H24N6O3S. The number of nitrogens with zero attached hydrogens (tertiary/aromatic N) is 1. The van der Waals surface area contributed by atoms with Crippen molar-refractivity contribution in [3.05, 3.63) is 72.3 Å². The third-order valence-electron chi connectivity index (χ3n) is 5.51. The summed E-state index contributed by atoms with van der Waals surface area (Å²) in [5, 5.41) is 6.29. The lowest BCUT2D eigenvalue weighted by atomic mass is 10.1. The van der Waals surface area contributed by atoms with Crippen LogP contribution in [0, 0.1) is 0 Å². The number of aromatic nitrogens is 2. The van der Waals surface area contributed by atoms with E-state index in [1.165, 1.54) is 7.05 Å². The Hall–Kier alpha value is -3.89. The molecule has 1 aliphatic rings. The van der Waals surface area contributed by atoms with Crippen LogP contribution in [0.3, 0.4) is 0 Å². The second-order valence-corrected chi connectivity index (χ2v) is 9.77. The number of fused-ring (bicyclic) bond motifs is 1. The molecule has 34 heavy (non-hydrogen) atoms. The first kappa shape index (κ1) is 21.9. The van der Waals surface area contributed by atoms with Crippen molar-refractivity contribution in [3.63, 3.8) is 0 Å². The van der Waals surface area contributed by atoms with Crippen LogP contribution in [-0.4, -0.2) is 37.4 Å². The van der Waals surface area contributed by atoms with Crippen LogP contribution in [0.5, 0.6) is 0 Å². The van der Waals surface area contributed by atoms with Gasteiger partial charge in [0.05, 0.1) is 11.0 Å². The highest BCUT2D eigenvalue weighted by Crippen LogP contribution is 2.26. The minimum absolute atomic E-state index is 0.0400. The van der Waals surface area contributed by atoms with Gasteiger partial charge in [0.2, 0.25) is 0 Å². The average Bonchev–Trinajstić information content (AvgIpc) is 3.55. The Morgan fingerprint density at radius 2 is 1.62 bits per heavy atom. The van der Waals surface area contributed by atoms with E-state index in [9.17, 15) is 13.2 Å². The van der Waals surface area contributed by atoms with Crippen molar-refractivity contribution in [2.45, 2.75) is 18.9 Å². The molecule has 4 aromatic rings. The number of carbonyl (C=O) groups excluding carboxylic acids is 1. The summed E-state index contributed by atoms with van der Waals surface area (Å²) in [4.78, 5) is 20.2. The van der Waals surface area contributed by atoms with Gasteiger partial charge in [-0.15, -0.1) is 0 Å². The van der Waals surface area contributed by atoms with Gasteiger partial charge in [0, 0.05) is 41.3 Å². The smallest absolute Gasteiger partial charge is 0.298 e. The quantitative estimate of drug-likeness (QED) is 0.265. The molecule has 3 aromatic carbocycles. The molecule has 9 nitrogen and oxygen atoms in total. The summed E-state index contributed by atoms with van der Waals surface area (Å²) >= 11 is 0. The minimum Gasteiger partial charge on any atom is -0.355 e. The second kappa shape index (κ2) is 8.81. The molecule has 0 atom stereocenters. The van der Waals surface area contributed by atoms with Crippen LogP contribution in [0.25, 0.3) is 22.4 Å². The number of hydrogen-bond donors (Lipinski definition) is 5. The van der Waals surface area contributed by atoms with E-state index in [1.807, 2.05) is 42.5 Å². The van der Waals surface area contributed by atoms with Crippen molar-refractivity contribution in [1.82, 2.24) is 20.0 Å². The van der Waals surface area contributed by atoms with Gasteiger partial charge in [-0.25, -0.2) is 9.71 Å². The van der Waals surface area contributed by atoms with Crippen molar-refractivity contribution in [1.29, 1.82) is 0 Å². The molecule has 0 unspecified atom stereocenters. The molecule has 0 spiro atoms. The van der Waals surface area contributed by atoms with Gasteiger partial charge in [-0.1, -0.05) is 12.1 Å². The van der Waals surface area contributed by atoms with Crippen molar-refractivity contribution >= 4 is 44.2 Å². The van der Waals surface area contributed by atoms with Crippen LogP contribution < -0.4 is 20.1 Å². The van der Waals surface area contributed by atoms with Gasteiger partial charge in [0.15, 0.2) is 0 Å². The maximum absolute atomic E-state index is 12.2. The van der Waals surface area contributed by atoms with E-state index in [2.05, 4.69) is 25.1 Å². The maximum Gasteiger partial charge on any atom is 0.298 e. The zero-order chi connectivity index (χ0) is 23.7. The highest BCUT2D eigenvalue weighted by atomic mass is 32.2. The number of imidazole rings is 1. The zero-order valence-electron chi connectivity index (χ0n) is 18.4. The molecule has 1 fully saturated rings. The number of rotatable bonds is 8. The van der Waals surface area contributed by atoms with Gasteiger partial charge >= 0.3 is 0 Å². The second-order valence-electron chi connectivity index (χ2n) is 8.15. The molecule has 1 saturated carbocycles. The molecule has 0 aliphatic heterocycles. The lowest BCUT2D eigenvalue weighted by Gasteiger charge is -2.09. The number of aromatic amines is 1. The lowest BCUT2D eigenvalue weighted by Crippen LogP contribution is -2.26. The number of anilines is 3. The first-order valence-corrected chi connectivity index (χ1v) is 12.4. The molecule has 1 aromatic heterocycles. The number of hydrogen-bond acceptors (Lipinski definition) is 5.